The van der Waals surface area contributed by atoms with E-state index in [0.717, 1.165) is 25.7 Å². The molecular formula is C12H26N2O. The number of likely N-dealkylation sites (N-methyl/N-ethyl adjacent to an activating group) is 1. The van der Waals surface area contributed by atoms with E-state index >= 15 is 0 Å². The molecule has 0 unspecified atom stereocenters. The van der Waals surface area contributed by atoms with Crippen molar-refractivity contribution in [2.75, 3.05) is 33.8 Å². The number of nitrogens with zero attached hydrogens (tertiary/aromatic N) is 1. The highest BCUT2D eigenvalue weighted by molar-refractivity contribution is 4.77. The fourth-order valence-electron chi connectivity index (χ4n) is 2.12. The lowest BCUT2D eigenvalue weighted by Crippen LogP contribution is -2.35. The number of ether oxygens (including phenoxy) is 1. The quantitative estimate of drug-likeness (QED) is 0.725. The van der Waals surface area contributed by atoms with Gasteiger partial charge in [-0.15, -0.1) is 0 Å². The third kappa shape index (κ3) is 5.50. The monoisotopic (exact) mass is 214 g/mol. The molecule has 0 atom stereocenters. The predicted octanol–water partition coefficient (Wildman–Crippen LogP) is 1.49. The van der Waals surface area contributed by atoms with Crippen molar-refractivity contribution < 1.29 is 4.74 Å². The first-order valence-electron chi connectivity index (χ1n) is 6.22. The van der Waals surface area contributed by atoms with Gasteiger partial charge in [-0.05, 0) is 46.3 Å². The second-order valence-electron chi connectivity index (χ2n) is 4.71. The molecule has 0 aromatic heterocycles. The topological polar surface area (TPSA) is 24.5 Å². The van der Waals surface area contributed by atoms with Gasteiger partial charge >= 0.3 is 0 Å². The molecule has 1 fully saturated rings. The van der Waals surface area contributed by atoms with Crippen molar-refractivity contribution in [2.24, 2.45) is 0 Å². The van der Waals surface area contributed by atoms with Gasteiger partial charge in [-0.1, -0.05) is 6.92 Å². The average Bonchev–Trinajstić information content (AvgIpc) is 2.20. The van der Waals surface area contributed by atoms with Gasteiger partial charge in [0.15, 0.2) is 0 Å². The van der Waals surface area contributed by atoms with Gasteiger partial charge in [0.1, 0.15) is 0 Å². The highest BCUT2D eigenvalue weighted by Gasteiger charge is 2.20. The summed E-state index contributed by atoms with van der Waals surface area (Å²) >= 11 is 0. The van der Waals surface area contributed by atoms with E-state index in [9.17, 15) is 0 Å². The third-order valence-corrected chi connectivity index (χ3v) is 3.06. The molecule has 0 amide bonds. The van der Waals surface area contributed by atoms with Crippen molar-refractivity contribution in [3.05, 3.63) is 0 Å². The minimum Gasteiger partial charge on any atom is -0.377 e. The van der Waals surface area contributed by atoms with Gasteiger partial charge in [-0.3, -0.25) is 0 Å². The fourth-order valence-corrected chi connectivity index (χ4v) is 2.12. The van der Waals surface area contributed by atoms with Crippen LogP contribution in [0.3, 0.4) is 0 Å². The Morgan fingerprint density at radius 1 is 1.20 bits per heavy atom. The minimum atomic E-state index is 0.514. The van der Waals surface area contributed by atoms with Gasteiger partial charge < -0.3 is 15.0 Å². The van der Waals surface area contributed by atoms with Gasteiger partial charge in [-0.25, -0.2) is 0 Å². The van der Waals surface area contributed by atoms with Crippen LogP contribution >= 0.6 is 0 Å². The summed E-state index contributed by atoms with van der Waals surface area (Å²) in [5, 5.41) is 3.52. The van der Waals surface area contributed by atoms with Crippen LogP contribution < -0.4 is 5.32 Å². The van der Waals surface area contributed by atoms with Crippen molar-refractivity contribution in [3.8, 4) is 0 Å². The SMILES string of the molecule is CCNC1CCC(OCCN(C)C)CC1. The Labute approximate surface area is 94.2 Å². The second kappa shape index (κ2) is 7.20. The van der Waals surface area contributed by atoms with E-state index in [1.54, 1.807) is 0 Å². The zero-order chi connectivity index (χ0) is 11.1. The minimum absolute atomic E-state index is 0.514. The lowest BCUT2D eigenvalue weighted by atomic mass is 9.93. The number of hydrogen-bond acceptors (Lipinski definition) is 3. The van der Waals surface area contributed by atoms with Crippen LogP contribution in [-0.2, 0) is 4.74 Å². The molecule has 0 radical (unpaired) electrons. The molecule has 3 heteroatoms. The van der Waals surface area contributed by atoms with Crippen molar-refractivity contribution in [2.45, 2.75) is 44.8 Å². The number of nitrogens with one attached hydrogen (secondary N) is 1. The Hall–Kier alpha value is -0.120. The molecule has 1 N–H and O–H groups in total. The standard InChI is InChI=1S/C12H26N2O/c1-4-13-11-5-7-12(8-6-11)15-10-9-14(2)3/h11-13H,4-10H2,1-3H3. The normalized spacial score (nSPS) is 27.2. The van der Waals surface area contributed by atoms with Crippen molar-refractivity contribution in [1.82, 2.24) is 10.2 Å². The first kappa shape index (κ1) is 12.9. The van der Waals surface area contributed by atoms with Crippen LogP contribution in [0.2, 0.25) is 0 Å². The van der Waals surface area contributed by atoms with E-state index in [1.807, 2.05) is 0 Å². The maximum atomic E-state index is 5.85. The van der Waals surface area contributed by atoms with E-state index in [1.165, 1.54) is 25.7 Å². The molecule has 1 aliphatic rings. The summed E-state index contributed by atoms with van der Waals surface area (Å²) in [6.45, 7) is 5.19. The lowest BCUT2D eigenvalue weighted by molar-refractivity contribution is 0.0161. The van der Waals surface area contributed by atoms with E-state index < -0.39 is 0 Å². The predicted molar refractivity (Wildman–Crippen MR) is 64.2 cm³/mol. The Morgan fingerprint density at radius 3 is 2.40 bits per heavy atom. The van der Waals surface area contributed by atoms with E-state index in [0.29, 0.717) is 6.10 Å². The Morgan fingerprint density at radius 2 is 1.87 bits per heavy atom. The van der Waals surface area contributed by atoms with Crippen LogP contribution in [0.4, 0.5) is 0 Å². The molecule has 1 rings (SSSR count). The highest BCUT2D eigenvalue weighted by atomic mass is 16.5. The summed E-state index contributed by atoms with van der Waals surface area (Å²) in [6.07, 6.45) is 5.52. The van der Waals surface area contributed by atoms with Crippen LogP contribution in [0, 0.1) is 0 Å². The molecule has 0 spiro atoms. The van der Waals surface area contributed by atoms with E-state index in [-0.39, 0.29) is 0 Å². The molecule has 1 aliphatic carbocycles. The molecular weight excluding hydrogens is 188 g/mol. The fraction of sp³-hybridized carbons (Fsp3) is 1.00. The van der Waals surface area contributed by atoms with Crippen LogP contribution in [0.1, 0.15) is 32.6 Å². The molecule has 0 bridgehead atoms. The molecule has 1 saturated carbocycles. The molecule has 0 aromatic carbocycles. The van der Waals surface area contributed by atoms with Crippen molar-refractivity contribution in [1.29, 1.82) is 0 Å². The van der Waals surface area contributed by atoms with Gasteiger partial charge in [0.2, 0.25) is 0 Å². The Kier molecular flexibility index (Phi) is 6.22. The smallest absolute Gasteiger partial charge is 0.0596 e. The molecule has 90 valence electrons. The Balaban J connectivity index is 2.04. The molecule has 15 heavy (non-hydrogen) atoms. The zero-order valence-corrected chi connectivity index (χ0v) is 10.5. The summed E-state index contributed by atoms with van der Waals surface area (Å²) in [6, 6.07) is 0.740. The summed E-state index contributed by atoms with van der Waals surface area (Å²) in [4.78, 5) is 2.17. The molecule has 0 heterocycles. The number of rotatable bonds is 6. The van der Waals surface area contributed by atoms with Crippen LogP contribution in [0.25, 0.3) is 0 Å². The molecule has 0 aromatic rings. The maximum Gasteiger partial charge on any atom is 0.0596 e. The highest BCUT2D eigenvalue weighted by Crippen LogP contribution is 2.20. The molecule has 3 nitrogen and oxygen atoms in total. The van der Waals surface area contributed by atoms with Crippen LogP contribution in [-0.4, -0.2) is 50.8 Å². The maximum absolute atomic E-state index is 5.85. The summed E-state index contributed by atoms with van der Waals surface area (Å²) < 4.78 is 5.85. The van der Waals surface area contributed by atoms with E-state index in [4.69, 9.17) is 4.74 Å². The van der Waals surface area contributed by atoms with Gasteiger partial charge in [0.25, 0.3) is 0 Å². The third-order valence-electron chi connectivity index (χ3n) is 3.06. The second-order valence-corrected chi connectivity index (χ2v) is 4.71. The van der Waals surface area contributed by atoms with Gasteiger partial charge in [-0.2, -0.15) is 0 Å². The summed E-state index contributed by atoms with van der Waals surface area (Å²) in [5.74, 6) is 0. The first-order valence-corrected chi connectivity index (χ1v) is 6.22. The average molecular weight is 214 g/mol. The Bertz CT molecular complexity index is 154. The van der Waals surface area contributed by atoms with Crippen molar-refractivity contribution >= 4 is 0 Å². The van der Waals surface area contributed by atoms with Gasteiger partial charge in [0.05, 0.1) is 12.7 Å². The van der Waals surface area contributed by atoms with Crippen LogP contribution in [0.5, 0.6) is 0 Å². The van der Waals surface area contributed by atoms with Crippen molar-refractivity contribution in [3.63, 3.8) is 0 Å². The molecule has 0 aliphatic heterocycles. The largest absolute Gasteiger partial charge is 0.377 e. The van der Waals surface area contributed by atoms with E-state index in [2.05, 4.69) is 31.2 Å². The van der Waals surface area contributed by atoms with Crippen LogP contribution in [0.15, 0.2) is 0 Å². The van der Waals surface area contributed by atoms with Gasteiger partial charge in [0, 0.05) is 12.6 Å². The summed E-state index contributed by atoms with van der Waals surface area (Å²) in [5.41, 5.74) is 0. The number of hydrogen-bond donors (Lipinski definition) is 1. The first-order chi connectivity index (χ1) is 7.22. The zero-order valence-electron chi connectivity index (χ0n) is 10.5. The summed E-state index contributed by atoms with van der Waals surface area (Å²) in [7, 11) is 4.18. The lowest BCUT2D eigenvalue weighted by Gasteiger charge is -2.29. The molecule has 0 saturated heterocycles.